The summed E-state index contributed by atoms with van der Waals surface area (Å²) in [6, 6.07) is 0.992. The summed E-state index contributed by atoms with van der Waals surface area (Å²) in [6.07, 6.45) is 14.8. The third-order valence-electron chi connectivity index (χ3n) is 11.9. The zero-order valence-corrected chi connectivity index (χ0v) is 42.5. The van der Waals surface area contributed by atoms with E-state index in [1.807, 2.05) is 34.6 Å². The summed E-state index contributed by atoms with van der Waals surface area (Å²) >= 11 is 0. The molecule has 11 nitrogen and oxygen atoms in total. The van der Waals surface area contributed by atoms with Gasteiger partial charge >= 0.3 is 12.1 Å². The van der Waals surface area contributed by atoms with Crippen LogP contribution in [0.5, 0.6) is 0 Å². The second-order valence-corrected chi connectivity index (χ2v) is 19.0. The molecule has 368 valence electrons. The Bertz CT molecular complexity index is 1690. The molecule has 3 fully saturated rings. The number of amides is 2. The van der Waals surface area contributed by atoms with Crippen LogP contribution >= 0.6 is 0 Å². The summed E-state index contributed by atoms with van der Waals surface area (Å²) in [5.41, 5.74) is 2.99. The van der Waals surface area contributed by atoms with Gasteiger partial charge in [-0.05, 0) is 142 Å². The number of aryl methyl sites for hydroxylation is 2. The fourth-order valence-corrected chi connectivity index (χ4v) is 6.89. The number of aromatic amines is 1. The van der Waals surface area contributed by atoms with Crippen LogP contribution in [0.2, 0.25) is 0 Å². The minimum Gasteiger partial charge on any atom is -0.460 e. The van der Waals surface area contributed by atoms with Crippen molar-refractivity contribution in [3.05, 3.63) is 46.8 Å². The molecule has 0 radical (unpaired) electrons. The lowest BCUT2D eigenvalue weighted by Gasteiger charge is -2.23. The smallest absolute Gasteiger partial charge is 0.394 e. The number of rotatable bonds is 14. The maximum Gasteiger partial charge on any atom is 0.394 e. The van der Waals surface area contributed by atoms with Gasteiger partial charge in [0.1, 0.15) is 17.1 Å². The molecule has 1 saturated heterocycles. The number of nitrogens with zero attached hydrogens (tertiary/aromatic N) is 3. The van der Waals surface area contributed by atoms with Crippen LogP contribution in [-0.4, -0.2) is 61.6 Å². The van der Waals surface area contributed by atoms with E-state index in [0.29, 0.717) is 22.9 Å². The van der Waals surface area contributed by atoms with Crippen molar-refractivity contribution < 1.29 is 32.3 Å². The number of hydrogen-bond acceptors (Lipinski definition) is 7. The Balaban J connectivity index is 0.000000846. The highest BCUT2D eigenvalue weighted by Crippen LogP contribution is 2.61. The maximum absolute atomic E-state index is 13.2. The molecule has 2 amide bonds. The zero-order valence-electron chi connectivity index (χ0n) is 42.5. The highest BCUT2D eigenvalue weighted by atomic mass is 19.4. The van der Waals surface area contributed by atoms with Crippen molar-refractivity contribution in [3.8, 4) is 0 Å². The summed E-state index contributed by atoms with van der Waals surface area (Å²) in [5.74, 6) is 1.22. The summed E-state index contributed by atoms with van der Waals surface area (Å²) < 4.78 is 45.7. The van der Waals surface area contributed by atoms with Crippen LogP contribution in [0.1, 0.15) is 221 Å². The zero-order chi connectivity index (χ0) is 49.3. The fourth-order valence-electron chi connectivity index (χ4n) is 6.89. The van der Waals surface area contributed by atoms with Crippen molar-refractivity contribution in [2.75, 3.05) is 6.54 Å². The standard InChI is InChI=1S/C16H20F3N5O.C11H22.C8H15N.C6H12O2.C5H9NO.C4H10/c1-10-20-9-12(22-10)11(3-5-15(6-7-15)16(17,18)19)23-14(25)13-4-8-21-24(13)2;1-4-6-11(7-8-11)9-10(3)5-2;1-5-6(2)7(3)8(4)9;1-5(7)8-6(2,3)4;7-5-3-1-2-4-6-5;1-3-4-2/h4,8-9,11H,3,5-7H2,1-2H3,(H,20,22)(H,23,25);10H,4-9H2,1-3H3;9H,5H2,1-4H3;1-4H3;1-4H2,(H,6,7);3-4H2,1-2H3. The summed E-state index contributed by atoms with van der Waals surface area (Å²) in [4.78, 5) is 40.1. The van der Waals surface area contributed by atoms with E-state index >= 15 is 0 Å². The van der Waals surface area contributed by atoms with E-state index in [-0.39, 0.29) is 49.1 Å². The minimum absolute atomic E-state index is 0.0229. The molecule has 4 N–H and O–H groups in total. The molecule has 1 aliphatic heterocycles. The molecule has 2 aliphatic carbocycles. The van der Waals surface area contributed by atoms with Crippen molar-refractivity contribution in [2.45, 2.75) is 217 Å². The second-order valence-electron chi connectivity index (χ2n) is 19.0. The lowest BCUT2D eigenvalue weighted by atomic mass is 9.88. The lowest BCUT2D eigenvalue weighted by Crippen LogP contribution is -2.32. The number of carbonyl (C=O) groups is 3. The fraction of sp³-hybridized carbons (Fsp3) is 0.760. The summed E-state index contributed by atoms with van der Waals surface area (Å²) in [6.45, 7) is 29.0. The predicted molar refractivity (Wildman–Crippen MR) is 255 cm³/mol. The molecule has 3 aliphatic rings. The number of carbonyl (C=O) groups excluding carboxylic acids is 3. The van der Waals surface area contributed by atoms with Crippen LogP contribution in [0.4, 0.5) is 13.2 Å². The molecular weight excluding hydrogens is 820 g/mol. The van der Waals surface area contributed by atoms with Gasteiger partial charge in [-0.2, -0.15) is 18.3 Å². The highest BCUT2D eigenvalue weighted by molar-refractivity contribution is 5.95. The number of allylic oxidation sites excluding steroid dienone is 2. The molecule has 2 unspecified atom stereocenters. The molecule has 0 spiro atoms. The Labute approximate surface area is 385 Å². The third kappa shape index (κ3) is 24.9. The Morgan fingerprint density at radius 1 is 0.969 bits per heavy atom. The maximum atomic E-state index is 13.2. The van der Waals surface area contributed by atoms with Crippen molar-refractivity contribution in [1.82, 2.24) is 30.4 Å². The van der Waals surface area contributed by atoms with Crippen molar-refractivity contribution in [1.29, 1.82) is 5.41 Å². The number of H-pyrrole nitrogens is 1. The van der Waals surface area contributed by atoms with Crippen molar-refractivity contribution >= 4 is 23.5 Å². The first-order valence-corrected chi connectivity index (χ1v) is 23.8. The van der Waals surface area contributed by atoms with E-state index in [2.05, 4.69) is 74.2 Å². The number of imidazole rings is 1. The molecule has 64 heavy (non-hydrogen) atoms. The van der Waals surface area contributed by atoms with Crippen LogP contribution in [0, 0.1) is 29.1 Å². The number of piperidine rings is 1. The van der Waals surface area contributed by atoms with Gasteiger partial charge in [0, 0.05) is 38.8 Å². The number of ether oxygens (including phenoxy) is 1. The number of halogens is 3. The van der Waals surface area contributed by atoms with Gasteiger partial charge in [-0.1, -0.05) is 72.8 Å². The van der Waals surface area contributed by atoms with Crippen LogP contribution in [0.3, 0.4) is 0 Å². The molecule has 2 aromatic heterocycles. The first-order chi connectivity index (χ1) is 29.8. The monoisotopic (exact) mass is 908 g/mol. The molecule has 3 heterocycles. The van der Waals surface area contributed by atoms with Gasteiger partial charge in [0.15, 0.2) is 0 Å². The van der Waals surface area contributed by atoms with Gasteiger partial charge in [0.25, 0.3) is 5.91 Å². The average molecular weight is 908 g/mol. The SMILES string of the molecule is CC(=O)OC(C)(C)C.CCC(C)=C(C)C(C)=N.CCCC.CCCC1(CC(C)CC)CC1.Cc1ncc(C(CCC2(C(F)(F)F)CC2)NC(=O)c2ccnn2C)[nH]1.O=C1CCCCN1. The molecule has 0 aromatic carbocycles. The number of esters is 1. The van der Waals surface area contributed by atoms with Crippen LogP contribution in [-0.2, 0) is 21.4 Å². The molecule has 14 heteroatoms. The molecule has 5 rings (SSSR count). The Hall–Kier alpha value is -3.97. The number of aromatic nitrogens is 4. The quantitative estimate of drug-likeness (QED) is 0.109. The van der Waals surface area contributed by atoms with Crippen molar-refractivity contribution in [3.63, 3.8) is 0 Å². The van der Waals surface area contributed by atoms with Gasteiger partial charge in [-0.3, -0.25) is 19.1 Å². The Morgan fingerprint density at radius 2 is 1.58 bits per heavy atom. The van der Waals surface area contributed by atoms with Crippen LogP contribution in [0.25, 0.3) is 0 Å². The molecule has 2 saturated carbocycles. The van der Waals surface area contributed by atoms with Crippen molar-refractivity contribution in [2.24, 2.45) is 23.8 Å². The topological polar surface area (TPSA) is 155 Å². The van der Waals surface area contributed by atoms with E-state index in [1.54, 1.807) is 26.2 Å². The summed E-state index contributed by atoms with van der Waals surface area (Å²) in [5, 5.41) is 16.8. The van der Waals surface area contributed by atoms with Gasteiger partial charge in [0.05, 0.1) is 23.3 Å². The van der Waals surface area contributed by atoms with Gasteiger partial charge in [0.2, 0.25) is 5.91 Å². The largest absolute Gasteiger partial charge is 0.460 e. The Kier molecular flexibility index (Phi) is 27.7. The second kappa shape index (κ2) is 29.5. The lowest BCUT2D eigenvalue weighted by molar-refractivity contribution is -0.189. The number of nitrogens with one attached hydrogen (secondary N) is 4. The van der Waals surface area contributed by atoms with E-state index in [9.17, 15) is 27.6 Å². The van der Waals surface area contributed by atoms with E-state index in [1.165, 1.54) is 74.7 Å². The predicted octanol–water partition coefficient (Wildman–Crippen LogP) is 13.3. The number of alkyl halides is 3. The molecule has 2 aromatic rings. The van der Waals surface area contributed by atoms with Gasteiger partial charge in [-0.25, -0.2) is 4.98 Å². The van der Waals surface area contributed by atoms with Crippen LogP contribution in [0.15, 0.2) is 29.6 Å². The third-order valence-corrected chi connectivity index (χ3v) is 11.9. The molecule has 2 atom stereocenters. The van der Waals surface area contributed by atoms with E-state index < -0.39 is 17.6 Å². The minimum atomic E-state index is -4.20. The van der Waals surface area contributed by atoms with Gasteiger partial charge in [-0.15, -0.1) is 0 Å². The number of unbranched alkanes of at least 4 members (excludes halogenated alkanes) is 1. The first-order valence-electron chi connectivity index (χ1n) is 23.8. The Morgan fingerprint density at radius 3 is 1.88 bits per heavy atom. The normalized spacial score (nSPS) is 16.8. The molecule has 0 bridgehead atoms. The average Bonchev–Trinajstić information content (AvgIpc) is 4.09. The van der Waals surface area contributed by atoms with Crippen LogP contribution < -0.4 is 10.6 Å². The molecular formula is C50H88F3N7O4. The first kappa shape index (κ1) is 60.0. The van der Waals surface area contributed by atoms with E-state index in [4.69, 9.17) is 10.1 Å². The number of hydrogen-bond donors (Lipinski definition) is 4. The summed E-state index contributed by atoms with van der Waals surface area (Å²) in [7, 11) is 1.63. The van der Waals surface area contributed by atoms with Gasteiger partial charge < -0.3 is 25.8 Å². The highest BCUT2D eigenvalue weighted by Gasteiger charge is 2.62. The van der Waals surface area contributed by atoms with E-state index in [0.717, 1.165) is 49.1 Å².